The van der Waals surface area contributed by atoms with Crippen molar-refractivity contribution in [2.75, 3.05) is 12.4 Å². The number of ether oxygens (including phenoxy) is 1. The smallest absolute Gasteiger partial charge is 0.337 e. The van der Waals surface area contributed by atoms with Gasteiger partial charge in [-0.05, 0) is 36.8 Å². The molecule has 1 N–H and O–H groups in total. The van der Waals surface area contributed by atoms with Crippen LogP contribution in [0.1, 0.15) is 22.8 Å². The molecule has 1 amide bonds. The first-order chi connectivity index (χ1) is 12.4. The fraction of sp³-hybridized carbons (Fsp3) is 0.167. The molecule has 1 atom stereocenters. The number of methoxy groups -OCH3 is 1. The number of rotatable bonds is 6. The van der Waals surface area contributed by atoms with E-state index in [1.807, 2.05) is 0 Å². The molecule has 8 heteroatoms. The SMILES string of the molecule is COC(=O)c1ccc(/C=N/OC(C)C(=O)Nc2ccc(F)c(F)c2)cc1. The molecule has 1 unspecified atom stereocenters. The van der Waals surface area contributed by atoms with Crippen molar-refractivity contribution < 1.29 is 27.9 Å². The molecule has 2 aromatic rings. The van der Waals surface area contributed by atoms with Gasteiger partial charge in [0, 0.05) is 11.8 Å². The largest absolute Gasteiger partial charge is 0.465 e. The van der Waals surface area contributed by atoms with Gasteiger partial charge < -0.3 is 14.9 Å². The molecule has 2 aromatic carbocycles. The van der Waals surface area contributed by atoms with E-state index in [2.05, 4.69) is 15.2 Å². The number of oxime groups is 1. The maximum atomic E-state index is 13.1. The first kappa shape index (κ1) is 19.0. The molecule has 0 heterocycles. The predicted molar refractivity (Wildman–Crippen MR) is 90.9 cm³/mol. The summed E-state index contributed by atoms with van der Waals surface area (Å²) < 4.78 is 30.6. The Bertz CT molecular complexity index is 822. The molecule has 0 saturated carbocycles. The lowest BCUT2D eigenvalue weighted by Crippen LogP contribution is -2.26. The number of hydrogen-bond donors (Lipinski definition) is 1. The van der Waals surface area contributed by atoms with Gasteiger partial charge in [0.25, 0.3) is 5.91 Å². The highest BCUT2D eigenvalue weighted by molar-refractivity contribution is 5.94. The van der Waals surface area contributed by atoms with Gasteiger partial charge in [-0.2, -0.15) is 0 Å². The predicted octanol–water partition coefficient (Wildman–Crippen LogP) is 3.13. The van der Waals surface area contributed by atoms with E-state index in [4.69, 9.17) is 4.84 Å². The number of nitrogens with zero attached hydrogens (tertiary/aromatic N) is 1. The average Bonchev–Trinajstić information content (AvgIpc) is 2.64. The highest BCUT2D eigenvalue weighted by Gasteiger charge is 2.15. The molecular weight excluding hydrogens is 346 g/mol. The number of esters is 1. The number of amides is 1. The second kappa shape index (κ2) is 8.70. The maximum absolute atomic E-state index is 13.1. The molecule has 0 aromatic heterocycles. The Kier molecular flexibility index (Phi) is 6.37. The molecule has 136 valence electrons. The number of anilines is 1. The van der Waals surface area contributed by atoms with E-state index in [1.165, 1.54) is 26.3 Å². The summed E-state index contributed by atoms with van der Waals surface area (Å²) in [7, 11) is 1.29. The zero-order valence-corrected chi connectivity index (χ0v) is 14.0. The molecule has 0 aliphatic rings. The summed E-state index contributed by atoms with van der Waals surface area (Å²) in [5, 5.41) is 6.08. The number of carbonyl (C=O) groups excluding carboxylic acids is 2. The van der Waals surface area contributed by atoms with Crippen LogP contribution < -0.4 is 5.32 Å². The highest BCUT2D eigenvalue weighted by atomic mass is 19.2. The second-order valence-corrected chi connectivity index (χ2v) is 5.21. The summed E-state index contributed by atoms with van der Waals surface area (Å²) in [5.74, 6) is -3.10. The van der Waals surface area contributed by atoms with E-state index < -0.39 is 29.6 Å². The number of halogens is 2. The Hall–Kier alpha value is -3.29. The fourth-order valence-corrected chi connectivity index (χ4v) is 1.87. The van der Waals surface area contributed by atoms with Crippen LogP contribution in [0, 0.1) is 11.6 Å². The molecule has 26 heavy (non-hydrogen) atoms. The van der Waals surface area contributed by atoms with Gasteiger partial charge in [0.1, 0.15) is 0 Å². The van der Waals surface area contributed by atoms with Crippen molar-refractivity contribution in [2.24, 2.45) is 5.16 Å². The molecule has 0 aliphatic heterocycles. The van der Waals surface area contributed by atoms with Crippen molar-refractivity contribution >= 4 is 23.8 Å². The molecule has 2 rings (SSSR count). The Morgan fingerprint density at radius 2 is 1.81 bits per heavy atom. The molecule has 0 aliphatic carbocycles. The van der Waals surface area contributed by atoms with Crippen LogP contribution in [0.5, 0.6) is 0 Å². The zero-order chi connectivity index (χ0) is 19.1. The third-order valence-corrected chi connectivity index (χ3v) is 3.31. The van der Waals surface area contributed by atoms with Crippen molar-refractivity contribution in [1.29, 1.82) is 0 Å². The number of nitrogens with one attached hydrogen (secondary N) is 1. The minimum absolute atomic E-state index is 0.103. The van der Waals surface area contributed by atoms with Gasteiger partial charge in [-0.1, -0.05) is 17.3 Å². The van der Waals surface area contributed by atoms with Gasteiger partial charge >= 0.3 is 5.97 Å². The summed E-state index contributed by atoms with van der Waals surface area (Å²) in [4.78, 5) is 28.3. The summed E-state index contributed by atoms with van der Waals surface area (Å²) >= 11 is 0. The number of carbonyl (C=O) groups is 2. The Labute approximate surface area is 148 Å². The lowest BCUT2D eigenvalue weighted by atomic mass is 10.1. The topological polar surface area (TPSA) is 77.0 Å². The molecule has 0 fully saturated rings. The van der Waals surface area contributed by atoms with Crippen molar-refractivity contribution in [3.05, 3.63) is 65.2 Å². The van der Waals surface area contributed by atoms with Gasteiger partial charge in [0.05, 0.1) is 18.9 Å². The van der Waals surface area contributed by atoms with Crippen LogP contribution >= 0.6 is 0 Å². The quantitative estimate of drug-likeness (QED) is 0.487. The van der Waals surface area contributed by atoms with Gasteiger partial charge in [0.2, 0.25) is 6.10 Å². The normalized spacial score (nSPS) is 11.8. The maximum Gasteiger partial charge on any atom is 0.337 e. The van der Waals surface area contributed by atoms with Crippen LogP contribution in [0.15, 0.2) is 47.6 Å². The fourth-order valence-electron chi connectivity index (χ4n) is 1.87. The van der Waals surface area contributed by atoms with Crippen molar-refractivity contribution in [1.82, 2.24) is 0 Å². The summed E-state index contributed by atoms with van der Waals surface area (Å²) in [5.41, 5.74) is 1.14. The van der Waals surface area contributed by atoms with Gasteiger partial charge in [-0.25, -0.2) is 13.6 Å². The van der Waals surface area contributed by atoms with E-state index in [-0.39, 0.29) is 5.69 Å². The molecule has 0 radical (unpaired) electrons. The Morgan fingerprint density at radius 3 is 2.42 bits per heavy atom. The number of benzene rings is 2. The summed E-state index contributed by atoms with van der Waals surface area (Å²) in [6.45, 7) is 1.45. The molecular formula is C18H16F2N2O4. The number of hydrogen-bond acceptors (Lipinski definition) is 5. The molecule has 0 spiro atoms. The molecule has 0 saturated heterocycles. The monoisotopic (exact) mass is 362 g/mol. The second-order valence-electron chi connectivity index (χ2n) is 5.21. The minimum atomic E-state index is -1.07. The van der Waals surface area contributed by atoms with Crippen LogP contribution in [0.25, 0.3) is 0 Å². The third-order valence-electron chi connectivity index (χ3n) is 3.31. The Balaban J connectivity index is 1.89. The Morgan fingerprint density at radius 1 is 1.12 bits per heavy atom. The van der Waals surface area contributed by atoms with E-state index in [0.717, 1.165) is 12.1 Å². The average molecular weight is 362 g/mol. The van der Waals surface area contributed by atoms with Crippen LogP contribution in [0.2, 0.25) is 0 Å². The minimum Gasteiger partial charge on any atom is -0.465 e. The standard InChI is InChI=1S/C18H16F2N2O4/c1-11(17(23)22-14-7-8-15(19)16(20)9-14)26-21-10-12-3-5-13(6-4-12)18(24)25-2/h3-11H,1-2H3,(H,22,23)/b21-10+. The van der Waals surface area contributed by atoms with Gasteiger partial charge in [-0.3, -0.25) is 4.79 Å². The summed E-state index contributed by atoms with van der Waals surface area (Å²) in [6.07, 6.45) is 0.399. The lowest BCUT2D eigenvalue weighted by molar-refractivity contribution is -0.126. The van der Waals surface area contributed by atoms with Gasteiger partial charge in [0.15, 0.2) is 11.6 Å². The molecule has 6 nitrogen and oxygen atoms in total. The van der Waals surface area contributed by atoms with E-state index in [9.17, 15) is 18.4 Å². The van der Waals surface area contributed by atoms with Crippen molar-refractivity contribution in [3.8, 4) is 0 Å². The third kappa shape index (κ3) is 5.10. The van der Waals surface area contributed by atoms with E-state index >= 15 is 0 Å². The highest BCUT2D eigenvalue weighted by Crippen LogP contribution is 2.13. The summed E-state index contributed by atoms with van der Waals surface area (Å²) in [6, 6.07) is 9.39. The van der Waals surface area contributed by atoms with Crippen LogP contribution in [-0.2, 0) is 14.4 Å². The van der Waals surface area contributed by atoms with Crippen LogP contribution in [0.3, 0.4) is 0 Å². The van der Waals surface area contributed by atoms with Gasteiger partial charge in [-0.15, -0.1) is 0 Å². The van der Waals surface area contributed by atoms with Crippen LogP contribution in [-0.4, -0.2) is 31.3 Å². The zero-order valence-electron chi connectivity index (χ0n) is 14.0. The van der Waals surface area contributed by atoms with Crippen molar-refractivity contribution in [2.45, 2.75) is 13.0 Å². The van der Waals surface area contributed by atoms with Crippen molar-refractivity contribution in [3.63, 3.8) is 0 Å². The van der Waals surface area contributed by atoms with Crippen LogP contribution in [0.4, 0.5) is 14.5 Å². The van der Waals surface area contributed by atoms with E-state index in [1.54, 1.807) is 24.3 Å². The van der Waals surface area contributed by atoms with E-state index in [0.29, 0.717) is 11.1 Å². The lowest BCUT2D eigenvalue weighted by Gasteiger charge is -2.10. The molecule has 0 bridgehead atoms. The first-order valence-electron chi connectivity index (χ1n) is 7.54. The first-order valence-corrected chi connectivity index (χ1v) is 7.54.